The summed E-state index contributed by atoms with van der Waals surface area (Å²) in [6.07, 6.45) is 3.35. The highest BCUT2D eigenvalue weighted by Gasteiger charge is 2.04. The zero-order valence-electron chi connectivity index (χ0n) is 11.6. The van der Waals surface area contributed by atoms with Crippen LogP contribution in [0.25, 0.3) is 0 Å². The summed E-state index contributed by atoms with van der Waals surface area (Å²) >= 11 is 7.46. The molecule has 0 saturated carbocycles. The van der Waals surface area contributed by atoms with Gasteiger partial charge in [0.15, 0.2) is 0 Å². The Morgan fingerprint density at radius 2 is 1.86 bits per heavy atom. The lowest BCUT2D eigenvalue weighted by atomic mass is 10.2. The summed E-state index contributed by atoms with van der Waals surface area (Å²) in [7, 11) is 0. The second kappa shape index (κ2) is 7.24. The van der Waals surface area contributed by atoms with E-state index >= 15 is 0 Å². The van der Waals surface area contributed by atoms with Crippen LogP contribution in [0.3, 0.4) is 0 Å². The summed E-state index contributed by atoms with van der Waals surface area (Å²) in [6, 6.07) is 17.7. The minimum atomic E-state index is 0.709. The Balaban J connectivity index is 1.68. The standard InChI is InChI=1S/C16H13ClN4S/c17-15-8-6-13(7-9-15)10-19-21-12-18-20-16(21)22-11-14-4-2-1-3-5-14/h1-10,12H,11H2. The highest BCUT2D eigenvalue weighted by atomic mass is 35.5. The van der Waals surface area contributed by atoms with Crippen LogP contribution in [-0.4, -0.2) is 21.1 Å². The molecule has 0 atom stereocenters. The second-order valence-electron chi connectivity index (χ2n) is 4.53. The van der Waals surface area contributed by atoms with Crippen LogP contribution < -0.4 is 0 Å². The third-order valence-electron chi connectivity index (χ3n) is 2.91. The Bertz CT molecular complexity index is 753. The molecule has 3 rings (SSSR count). The molecule has 0 unspecified atom stereocenters. The van der Waals surface area contributed by atoms with Gasteiger partial charge >= 0.3 is 0 Å². The highest BCUT2D eigenvalue weighted by Crippen LogP contribution is 2.20. The Morgan fingerprint density at radius 1 is 1.09 bits per heavy atom. The van der Waals surface area contributed by atoms with Gasteiger partial charge in [-0.15, -0.1) is 10.2 Å². The topological polar surface area (TPSA) is 43.1 Å². The molecule has 0 fully saturated rings. The van der Waals surface area contributed by atoms with Crippen LogP contribution in [-0.2, 0) is 5.75 Å². The van der Waals surface area contributed by atoms with Crippen LogP contribution in [0.4, 0.5) is 0 Å². The Morgan fingerprint density at radius 3 is 2.64 bits per heavy atom. The van der Waals surface area contributed by atoms with E-state index in [9.17, 15) is 0 Å². The zero-order valence-corrected chi connectivity index (χ0v) is 13.2. The highest BCUT2D eigenvalue weighted by molar-refractivity contribution is 7.98. The van der Waals surface area contributed by atoms with Gasteiger partial charge in [0.1, 0.15) is 6.33 Å². The number of benzene rings is 2. The predicted octanol–water partition coefficient (Wildman–Crippen LogP) is 4.11. The van der Waals surface area contributed by atoms with E-state index in [1.165, 1.54) is 5.56 Å². The van der Waals surface area contributed by atoms with Crippen molar-refractivity contribution in [1.82, 2.24) is 14.9 Å². The van der Waals surface area contributed by atoms with Crippen molar-refractivity contribution >= 4 is 29.6 Å². The number of aromatic nitrogens is 3. The number of thioether (sulfide) groups is 1. The summed E-state index contributed by atoms with van der Waals surface area (Å²) < 4.78 is 1.67. The smallest absolute Gasteiger partial charge is 0.195 e. The molecule has 6 heteroatoms. The first kappa shape index (κ1) is 14.8. The van der Waals surface area contributed by atoms with Crippen molar-refractivity contribution in [3.63, 3.8) is 0 Å². The van der Waals surface area contributed by atoms with Crippen LogP contribution in [0, 0.1) is 0 Å². The van der Waals surface area contributed by atoms with Crippen molar-refractivity contribution in [3.05, 3.63) is 77.1 Å². The zero-order chi connectivity index (χ0) is 15.2. The average Bonchev–Trinajstić information content (AvgIpc) is 3.01. The minimum absolute atomic E-state index is 0.709. The normalized spacial score (nSPS) is 11.1. The Hall–Kier alpha value is -2.11. The van der Waals surface area contributed by atoms with E-state index < -0.39 is 0 Å². The average molecular weight is 329 g/mol. The lowest BCUT2D eigenvalue weighted by molar-refractivity contribution is 0.767. The first-order valence-electron chi connectivity index (χ1n) is 6.68. The van der Waals surface area contributed by atoms with E-state index in [0.717, 1.165) is 16.5 Å². The van der Waals surface area contributed by atoms with E-state index in [4.69, 9.17) is 11.6 Å². The summed E-state index contributed by atoms with van der Waals surface area (Å²) in [5, 5.41) is 13.9. The summed E-state index contributed by atoms with van der Waals surface area (Å²) in [5.74, 6) is 0.829. The number of halogens is 1. The Kier molecular flexibility index (Phi) is 4.88. The van der Waals surface area contributed by atoms with Crippen molar-refractivity contribution < 1.29 is 0 Å². The van der Waals surface area contributed by atoms with E-state index in [-0.39, 0.29) is 0 Å². The molecule has 0 aliphatic carbocycles. The SMILES string of the molecule is Clc1ccc(C=Nn2cnnc2SCc2ccccc2)cc1. The third kappa shape index (κ3) is 3.96. The molecule has 0 amide bonds. The maximum atomic E-state index is 5.86. The molecule has 1 aromatic heterocycles. The number of hydrogen-bond acceptors (Lipinski definition) is 4. The molecule has 0 bridgehead atoms. The van der Waals surface area contributed by atoms with Crippen LogP contribution in [0.1, 0.15) is 11.1 Å². The molecule has 0 radical (unpaired) electrons. The fourth-order valence-corrected chi connectivity index (χ4v) is 2.74. The van der Waals surface area contributed by atoms with Crippen molar-refractivity contribution in [3.8, 4) is 0 Å². The van der Waals surface area contributed by atoms with Gasteiger partial charge in [-0.25, -0.2) is 0 Å². The molecule has 4 nitrogen and oxygen atoms in total. The molecule has 0 aliphatic rings. The number of rotatable bonds is 5. The number of nitrogens with zero attached hydrogens (tertiary/aromatic N) is 4. The minimum Gasteiger partial charge on any atom is -0.195 e. The predicted molar refractivity (Wildman–Crippen MR) is 90.5 cm³/mol. The molecule has 0 saturated heterocycles. The number of hydrogen-bond donors (Lipinski definition) is 0. The molecule has 3 aromatic rings. The van der Waals surface area contributed by atoms with Gasteiger partial charge in [-0.2, -0.15) is 9.78 Å². The quantitative estimate of drug-likeness (QED) is 0.523. The fraction of sp³-hybridized carbons (Fsp3) is 0.0625. The summed E-state index contributed by atoms with van der Waals surface area (Å²) in [4.78, 5) is 0. The second-order valence-corrected chi connectivity index (χ2v) is 5.91. The van der Waals surface area contributed by atoms with Gasteiger partial charge in [0.05, 0.1) is 6.21 Å². The molecular weight excluding hydrogens is 316 g/mol. The molecule has 0 aliphatic heterocycles. The fourth-order valence-electron chi connectivity index (χ4n) is 1.79. The molecule has 1 heterocycles. The van der Waals surface area contributed by atoms with Gasteiger partial charge in [-0.1, -0.05) is 65.8 Å². The summed E-state index contributed by atoms with van der Waals surface area (Å²) in [5.41, 5.74) is 2.21. The lowest BCUT2D eigenvalue weighted by Crippen LogP contribution is -1.92. The van der Waals surface area contributed by atoms with E-state index in [1.807, 2.05) is 42.5 Å². The first-order valence-corrected chi connectivity index (χ1v) is 8.04. The van der Waals surface area contributed by atoms with Gasteiger partial charge in [-0.3, -0.25) is 0 Å². The summed E-state index contributed by atoms with van der Waals surface area (Å²) in [6.45, 7) is 0. The lowest BCUT2D eigenvalue weighted by Gasteiger charge is -2.01. The monoisotopic (exact) mass is 328 g/mol. The molecule has 110 valence electrons. The molecule has 0 spiro atoms. The van der Waals surface area contributed by atoms with Crippen LogP contribution in [0.15, 0.2) is 71.2 Å². The van der Waals surface area contributed by atoms with Crippen LogP contribution in [0.5, 0.6) is 0 Å². The molecule has 0 N–H and O–H groups in total. The largest absolute Gasteiger partial charge is 0.212 e. The van der Waals surface area contributed by atoms with Gasteiger partial charge in [0.25, 0.3) is 0 Å². The van der Waals surface area contributed by atoms with Crippen LogP contribution in [0.2, 0.25) is 5.02 Å². The van der Waals surface area contributed by atoms with Crippen molar-refractivity contribution in [2.75, 3.05) is 0 Å². The maximum absolute atomic E-state index is 5.86. The third-order valence-corrected chi connectivity index (χ3v) is 4.17. The van der Waals surface area contributed by atoms with Gasteiger partial charge in [0, 0.05) is 10.8 Å². The first-order chi connectivity index (χ1) is 10.8. The van der Waals surface area contributed by atoms with E-state index in [0.29, 0.717) is 5.02 Å². The van der Waals surface area contributed by atoms with Gasteiger partial charge in [0.2, 0.25) is 5.16 Å². The van der Waals surface area contributed by atoms with E-state index in [1.54, 1.807) is 29.0 Å². The van der Waals surface area contributed by atoms with E-state index in [2.05, 4.69) is 27.4 Å². The van der Waals surface area contributed by atoms with Crippen molar-refractivity contribution in [1.29, 1.82) is 0 Å². The van der Waals surface area contributed by atoms with Crippen molar-refractivity contribution in [2.45, 2.75) is 10.9 Å². The van der Waals surface area contributed by atoms with Gasteiger partial charge in [-0.05, 0) is 23.3 Å². The Labute approximate surface area is 137 Å². The molecule has 2 aromatic carbocycles. The van der Waals surface area contributed by atoms with Gasteiger partial charge < -0.3 is 0 Å². The van der Waals surface area contributed by atoms with Crippen molar-refractivity contribution in [2.24, 2.45) is 5.10 Å². The molecule has 22 heavy (non-hydrogen) atoms. The van der Waals surface area contributed by atoms with Crippen LogP contribution >= 0.6 is 23.4 Å². The molecular formula is C16H13ClN4S. The maximum Gasteiger partial charge on any atom is 0.212 e.